The van der Waals surface area contributed by atoms with E-state index in [1.807, 2.05) is 0 Å². The van der Waals surface area contributed by atoms with E-state index in [-0.39, 0.29) is 0 Å². The van der Waals surface area contributed by atoms with Gasteiger partial charge in [-0.05, 0) is 45.8 Å². The molecule has 0 spiro atoms. The summed E-state index contributed by atoms with van der Waals surface area (Å²) in [7, 11) is -1.67. The maximum Gasteiger partial charge on any atom is 0.113 e. The van der Waals surface area contributed by atoms with Crippen molar-refractivity contribution in [1.29, 1.82) is 0 Å². The van der Waals surface area contributed by atoms with E-state index in [1.165, 1.54) is 38.6 Å². The van der Waals surface area contributed by atoms with Crippen LogP contribution in [0.25, 0.3) is 38.6 Å². The highest BCUT2D eigenvalue weighted by Gasteiger charge is 2.37. The summed E-state index contributed by atoms with van der Waals surface area (Å²) in [5.74, 6) is 0. The lowest BCUT2D eigenvalue weighted by Gasteiger charge is -2.20. The van der Waals surface area contributed by atoms with Crippen molar-refractivity contribution in [2.24, 2.45) is 0 Å². The lowest BCUT2D eigenvalue weighted by molar-refractivity contribution is 1.18. The van der Waals surface area contributed by atoms with Crippen molar-refractivity contribution < 1.29 is 0 Å². The van der Waals surface area contributed by atoms with E-state index in [9.17, 15) is 0 Å². The lowest BCUT2D eigenvalue weighted by atomic mass is 10.1. The number of hydrogen-bond donors (Lipinski definition) is 0. The SMILES string of the molecule is C[Si]1(C)c2ccccc2-c2ccc(-n3c4ccccc4c4ccccc43)cc21. The first-order valence-electron chi connectivity index (χ1n) is 9.89. The van der Waals surface area contributed by atoms with E-state index >= 15 is 0 Å². The van der Waals surface area contributed by atoms with Gasteiger partial charge in [0.25, 0.3) is 0 Å². The summed E-state index contributed by atoms with van der Waals surface area (Å²) < 4.78 is 2.43. The molecule has 6 rings (SSSR count). The smallest absolute Gasteiger partial charge is 0.113 e. The van der Waals surface area contributed by atoms with E-state index in [0.717, 1.165) is 0 Å². The molecule has 134 valence electrons. The zero-order chi connectivity index (χ0) is 18.9. The number of hydrogen-bond acceptors (Lipinski definition) is 0. The average molecular weight is 376 g/mol. The third kappa shape index (κ3) is 1.96. The number of fused-ring (bicyclic) bond motifs is 6. The van der Waals surface area contributed by atoms with Gasteiger partial charge >= 0.3 is 0 Å². The van der Waals surface area contributed by atoms with Gasteiger partial charge in [0.1, 0.15) is 8.07 Å². The molecule has 0 amide bonds. The van der Waals surface area contributed by atoms with Gasteiger partial charge in [-0.25, -0.2) is 0 Å². The van der Waals surface area contributed by atoms with Gasteiger partial charge in [0.15, 0.2) is 0 Å². The van der Waals surface area contributed by atoms with Crippen LogP contribution in [0.5, 0.6) is 0 Å². The highest BCUT2D eigenvalue weighted by Crippen LogP contribution is 2.34. The Morgan fingerprint density at radius 1 is 0.571 bits per heavy atom. The zero-order valence-corrected chi connectivity index (χ0v) is 17.1. The van der Waals surface area contributed by atoms with Gasteiger partial charge in [-0.2, -0.15) is 0 Å². The number of benzene rings is 4. The van der Waals surface area contributed by atoms with E-state index < -0.39 is 8.07 Å². The third-order valence-corrected chi connectivity index (χ3v) is 9.95. The van der Waals surface area contributed by atoms with Crippen molar-refractivity contribution in [3.8, 4) is 16.8 Å². The first-order valence-corrected chi connectivity index (χ1v) is 12.9. The van der Waals surface area contributed by atoms with Crippen LogP contribution in [0.2, 0.25) is 13.1 Å². The second kappa shape index (κ2) is 5.46. The Hall–Kier alpha value is -3.10. The molecule has 0 N–H and O–H groups in total. The molecule has 0 bridgehead atoms. The Labute approximate surface area is 165 Å². The van der Waals surface area contributed by atoms with Crippen LogP contribution in [0, 0.1) is 0 Å². The molecule has 1 aromatic heterocycles. The van der Waals surface area contributed by atoms with Gasteiger partial charge in [0, 0.05) is 16.5 Å². The Kier molecular flexibility index (Phi) is 3.10. The van der Waals surface area contributed by atoms with Crippen LogP contribution in [-0.2, 0) is 0 Å². The summed E-state index contributed by atoms with van der Waals surface area (Å²) >= 11 is 0. The highest BCUT2D eigenvalue weighted by atomic mass is 28.3. The van der Waals surface area contributed by atoms with E-state index in [0.29, 0.717) is 0 Å². The van der Waals surface area contributed by atoms with E-state index in [2.05, 4.69) is 109 Å². The van der Waals surface area contributed by atoms with Gasteiger partial charge in [-0.15, -0.1) is 0 Å². The molecular weight excluding hydrogens is 354 g/mol. The first kappa shape index (κ1) is 15.9. The minimum Gasteiger partial charge on any atom is -0.309 e. The monoisotopic (exact) mass is 375 g/mol. The minimum absolute atomic E-state index is 1.27. The van der Waals surface area contributed by atoms with Crippen molar-refractivity contribution in [3.05, 3.63) is 91.0 Å². The van der Waals surface area contributed by atoms with Crippen LogP contribution in [0.1, 0.15) is 0 Å². The predicted octanol–water partition coefficient (Wildman–Crippen LogP) is 5.59. The van der Waals surface area contributed by atoms with Gasteiger partial charge in [0.05, 0.1) is 11.0 Å². The van der Waals surface area contributed by atoms with Crippen molar-refractivity contribution >= 4 is 40.3 Å². The average Bonchev–Trinajstić information content (AvgIpc) is 3.18. The fourth-order valence-electron chi connectivity index (χ4n) is 5.03. The Morgan fingerprint density at radius 3 is 1.86 bits per heavy atom. The molecule has 4 aromatic carbocycles. The second-order valence-corrected chi connectivity index (χ2v) is 12.6. The van der Waals surface area contributed by atoms with Gasteiger partial charge < -0.3 is 4.57 Å². The topological polar surface area (TPSA) is 4.93 Å². The summed E-state index contributed by atoms with van der Waals surface area (Å²) in [6, 6.07) is 33.6. The van der Waals surface area contributed by atoms with E-state index in [1.54, 1.807) is 10.4 Å². The summed E-state index contributed by atoms with van der Waals surface area (Å²) in [5.41, 5.74) is 6.68. The van der Waals surface area contributed by atoms with E-state index in [4.69, 9.17) is 0 Å². The van der Waals surface area contributed by atoms with Crippen molar-refractivity contribution in [1.82, 2.24) is 4.57 Å². The summed E-state index contributed by atoms with van der Waals surface area (Å²) in [6.07, 6.45) is 0. The minimum atomic E-state index is -1.67. The standard InChI is InChI=1S/C26H21NSi/c1-28(2)25-14-8-5-11-21(25)22-16-15-18(17-26(22)28)27-23-12-6-3-9-19(23)20-10-4-7-13-24(20)27/h3-17H,1-2H3. The molecule has 0 atom stereocenters. The van der Waals surface area contributed by atoms with Crippen LogP contribution in [0.15, 0.2) is 91.0 Å². The maximum atomic E-state index is 2.48. The molecule has 0 saturated heterocycles. The van der Waals surface area contributed by atoms with Crippen molar-refractivity contribution in [3.63, 3.8) is 0 Å². The third-order valence-electron chi connectivity index (χ3n) is 6.41. The lowest BCUT2D eigenvalue weighted by Crippen LogP contribution is -2.49. The molecule has 2 heterocycles. The molecule has 0 saturated carbocycles. The molecule has 0 radical (unpaired) electrons. The number of aromatic nitrogens is 1. The Bertz CT molecular complexity index is 1340. The molecule has 1 nitrogen and oxygen atoms in total. The summed E-state index contributed by atoms with van der Waals surface area (Å²) in [6.45, 7) is 4.96. The molecule has 1 aliphatic heterocycles. The number of para-hydroxylation sites is 2. The van der Waals surface area contributed by atoms with Crippen LogP contribution in [0.4, 0.5) is 0 Å². The normalized spacial score (nSPS) is 14.4. The van der Waals surface area contributed by atoms with Crippen LogP contribution in [-0.4, -0.2) is 12.6 Å². The largest absolute Gasteiger partial charge is 0.309 e. The van der Waals surface area contributed by atoms with Crippen LogP contribution >= 0.6 is 0 Å². The van der Waals surface area contributed by atoms with Crippen molar-refractivity contribution in [2.45, 2.75) is 13.1 Å². The first-order chi connectivity index (χ1) is 13.7. The fourth-order valence-corrected chi connectivity index (χ4v) is 8.13. The predicted molar refractivity (Wildman–Crippen MR) is 123 cm³/mol. The molecule has 5 aromatic rings. The second-order valence-electron chi connectivity index (χ2n) is 8.27. The van der Waals surface area contributed by atoms with Crippen LogP contribution in [0.3, 0.4) is 0 Å². The van der Waals surface area contributed by atoms with Crippen LogP contribution < -0.4 is 10.4 Å². The van der Waals surface area contributed by atoms with Gasteiger partial charge in [0.2, 0.25) is 0 Å². The summed E-state index contributed by atoms with van der Waals surface area (Å²) in [4.78, 5) is 0. The molecule has 0 fully saturated rings. The molecule has 0 aliphatic carbocycles. The molecule has 28 heavy (non-hydrogen) atoms. The fraction of sp³-hybridized carbons (Fsp3) is 0.0769. The summed E-state index contributed by atoms with van der Waals surface area (Å²) in [5, 5.41) is 5.74. The molecule has 0 unspecified atom stereocenters. The molecule has 2 heteroatoms. The van der Waals surface area contributed by atoms with Gasteiger partial charge in [-0.3, -0.25) is 0 Å². The molecule has 1 aliphatic rings. The number of nitrogens with zero attached hydrogens (tertiary/aromatic N) is 1. The highest BCUT2D eigenvalue weighted by molar-refractivity contribution is 7.03. The maximum absolute atomic E-state index is 2.48. The van der Waals surface area contributed by atoms with Crippen molar-refractivity contribution in [2.75, 3.05) is 0 Å². The Morgan fingerprint density at radius 2 is 1.14 bits per heavy atom. The number of rotatable bonds is 1. The molecular formula is C26H21NSi. The Balaban J connectivity index is 1.68. The zero-order valence-electron chi connectivity index (χ0n) is 16.1. The van der Waals surface area contributed by atoms with Gasteiger partial charge in [-0.1, -0.05) is 79.8 Å². The quantitative estimate of drug-likeness (QED) is 0.337.